The van der Waals surface area contributed by atoms with Gasteiger partial charge in [0.25, 0.3) is 0 Å². The molecule has 1 aliphatic heterocycles. The third-order valence-electron chi connectivity index (χ3n) is 5.61. The van der Waals surface area contributed by atoms with Crippen molar-refractivity contribution in [3.8, 4) is 0 Å². The molecule has 2 N–H and O–H groups in total. The molecule has 4 heteroatoms. The molecule has 1 saturated heterocycles. The van der Waals surface area contributed by atoms with E-state index in [1.54, 1.807) is 0 Å². The third-order valence-corrected chi connectivity index (χ3v) is 5.61. The summed E-state index contributed by atoms with van der Waals surface area (Å²) in [5.74, 6) is 0. The smallest absolute Gasteiger partial charge is 0.318 e. The molecule has 1 saturated carbocycles. The van der Waals surface area contributed by atoms with Crippen LogP contribution >= 0.6 is 0 Å². The van der Waals surface area contributed by atoms with Crippen molar-refractivity contribution in [1.82, 2.24) is 15.2 Å². The van der Waals surface area contributed by atoms with Crippen LogP contribution in [0.4, 0.5) is 4.79 Å². The van der Waals surface area contributed by atoms with Gasteiger partial charge in [-0.05, 0) is 49.6 Å². The topological polar surface area (TPSA) is 48.1 Å². The molecule has 2 aromatic rings. The Balaban J connectivity index is 1.52. The number of likely N-dealkylation sites (tertiary alicyclic amines) is 1. The number of aromatic nitrogens is 1. The molecule has 2 aliphatic rings. The minimum Gasteiger partial charge on any atom is -0.357 e. The normalized spacial score (nSPS) is 22.7. The maximum atomic E-state index is 12.9. The summed E-state index contributed by atoms with van der Waals surface area (Å²) in [6, 6.07) is 11.2. The highest BCUT2D eigenvalue weighted by Crippen LogP contribution is 2.32. The highest BCUT2D eigenvalue weighted by molar-refractivity contribution is 5.81. The molecule has 2 heterocycles. The van der Waals surface area contributed by atoms with Crippen molar-refractivity contribution in [2.24, 2.45) is 0 Å². The van der Waals surface area contributed by atoms with Crippen LogP contribution < -0.4 is 5.32 Å². The van der Waals surface area contributed by atoms with Gasteiger partial charge in [0.15, 0.2) is 0 Å². The monoisotopic (exact) mass is 325 g/mol. The van der Waals surface area contributed by atoms with Gasteiger partial charge in [-0.2, -0.15) is 0 Å². The molecular weight excluding hydrogens is 298 g/mol. The van der Waals surface area contributed by atoms with Crippen LogP contribution in [0.3, 0.4) is 0 Å². The van der Waals surface area contributed by atoms with E-state index in [0.717, 1.165) is 37.7 Å². The summed E-state index contributed by atoms with van der Waals surface area (Å²) in [6.07, 6.45) is 9.42. The maximum absolute atomic E-state index is 12.9. The van der Waals surface area contributed by atoms with Crippen LogP contribution in [0, 0.1) is 0 Å². The molecule has 1 aromatic carbocycles. The van der Waals surface area contributed by atoms with E-state index in [9.17, 15) is 4.79 Å². The Morgan fingerprint density at radius 1 is 1.04 bits per heavy atom. The van der Waals surface area contributed by atoms with E-state index in [1.165, 1.54) is 36.8 Å². The highest BCUT2D eigenvalue weighted by atomic mass is 16.2. The molecule has 2 amide bonds. The number of carbonyl (C=O) groups is 1. The van der Waals surface area contributed by atoms with Gasteiger partial charge in [0.2, 0.25) is 0 Å². The van der Waals surface area contributed by atoms with Gasteiger partial charge in [-0.3, -0.25) is 0 Å². The molecule has 1 unspecified atom stereocenters. The summed E-state index contributed by atoms with van der Waals surface area (Å²) in [4.78, 5) is 18.5. The molecule has 2 fully saturated rings. The van der Waals surface area contributed by atoms with Crippen molar-refractivity contribution in [3.05, 3.63) is 36.0 Å². The average Bonchev–Trinajstić information content (AvgIpc) is 3.06. The number of fused-ring (bicyclic) bond motifs is 1. The number of urea groups is 1. The number of nitrogens with zero attached hydrogens (tertiary/aromatic N) is 1. The molecule has 0 spiro atoms. The van der Waals surface area contributed by atoms with Gasteiger partial charge in [-0.15, -0.1) is 0 Å². The first-order valence-electron chi connectivity index (χ1n) is 9.46. The number of H-pyrrole nitrogens is 1. The first kappa shape index (κ1) is 15.6. The summed E-state index contributed by atoms with van der Waals surface area (Å²) >= 11 is 0. The fraction of sp³-hybridized carbons (Fsp3) is 0.550. The van der Waals surface area contributed by atoms with E-state index >= 15 is 0 Å². The third kappa shape index (κ3) is 3.14. The Labute approximate surface area is 143 Å². The second-order valence-corrected chi connectivity index (χ2v) is 7.30. The zero-order valence-electron chi connectivity index (χ0n) is 14.3. The number of para-hydroxylation sites is 1. The second kappa shape index (κ2) is 6.88. The van der Waals surface area contributed by atoms with E-state index < -0.39 is 0 Å². The first-order chi connectivity index (χ1) is 11.8. The SMILES string of the molecule is O=C(NC1CCCCC1)N1CCCCC1c1cc2ccccc2[nH]1. The van der Waals surface area contributed by atoms with Crippen LogP contribution in [0.25, 0.3) is 10.9 Å². The Hall–Kier alpha value is -1.97. The van der Waals surface area contributed by atoms with E-state index in [-0.39, 0.29) is 12.1 Å². The molecule has 1 atom stereocenters. The number of hydrogen-bond acceptors (Lipinski definition) is 1. The van der Waals surface area contributed by atoms with Crippen molar-refractivity contribution in [3.63, 3.8) is 0 Å². The summed E-state index contributed by atoms with van der Waals surface area (Å²) < 4.78 is 0. The van der Waals surface area contributed by atoms with Crippen molar-refractivity contribution in [2.45, 2.75) is 63.5 Å². The number of benzene rings is 1. The molecule has 4 rings (SSSR count). The first-order valence-corrected chi connectivity index (χ1v) is 9.46. The van der Waals surface area contributed by atoms with Crippen LogP contribution in [0.15, 0.2) is 30.3 Å². The van der Waals surface area contributed by atoms with Crippen LogP contribution in [-0.4, -0.2) is 28.5 Å². The fourth-order valence-corrected chi connectivity index (χ4v) is 4.28. The fourth-order valence-electron chi connectivity index (χ4n) is 4.28. The van der Waals surface area contributed by atoms with Crippen molar-refractivity contribution in [2.75, 3.05) is 6.54 Å². The van der Waals surface area contributed by atoms with Gasteiger partial charge < -0.3 is 15.2 Å². The van der Waals surface area contributed by atoms with Gasteiger partial charge in [0, 0.05) is 23.8 Å². The lowest BCUT2D eigenvalue weighted by Crippen LogP contribution is -2.48. The standard InChI is InChI=1S/C20H27N3O/c24-20(21-16-9-2-1-3-10-16)23-13-7-6-12-19(23)18-14-15-8-4-5-11-17(15)22-18/h4-5,8,11,14,16,19,22H,1-3,6-7,9-10,12-13H2,(H,21,24). The zero-order valence-corrected chi connectivity index (χ0v) is 14.3. The second-order valence-electron chi connectivity index (χ2n) is 7.30. The number of aromatic amines is 1. The van der Waals surface area contributed by atoms with Crippen LogP contribution in [0.2, 0.25) is 0 Å². The van der Waals surface area contributed by atoms with E-state index in [4.69, 9.17) is 0 Å². The zero-order chi connectivity index (χ0) is 16.4. The molecule has 4 nitrogen and oxygen atoms in total. The van der Waals surface area contributed by atoms with Gasteiger partial charge in [-0.1, -0.05) is 37.5 Å². The number of rotatable bonds is 2. The Morgan fingerprint density at radius 2 is 1.83 bits per heavy atom. The van der Waals surface area contributed by atoms with E-state index in [1.807, 2.05) is 0 Å². The van der Waals surface area contributed by atoms with Crippen molar-refractivity contribution >= 4 is 16.9 Å². The Morgan fingerprint density at radius 3 is 2.67 bits per heavy atom. The lowest BCUT2D eigenvalue weighted by Gasteiger charge is -2.37. The van der Waals surface area contributed by atoms with Gasteiger partial charge in [0.1, 0.15) is 0 Å². The van der Waals surface area contributed by atoms with Gasteiger partial charge >= 0.3 is 6.03 Å². The average molecular weight is 325 g/mol. The molecule has 1 aromatic heterocycles. The Kier molecular flexibility index (Phi) is 4.46. The number of piperidine rings is 1. The van der Waals surface area contributed by atoms with Crippen molar-refractivity contribution in [1.29, 1.82) is 0 Å². The van der Waals surface area contributed by atoms with E-state index in [2.05, 4.69) is 45.5 Å². The minimum atomic E-state index is 0.130. The molecule has 128 valence electrons. The molecule has 24 heavy (non-hydrogen) atoms. The van der Waals surface area contributed by atoms with Gasteiger partial charge in [0.05, 0.1) is 6.04 Å². The largest absolute Gasteiger partial charge is 0.357 e. The maximum Gasteiger partial charge on any atom is 0.318 e. The quantitative estimate of drug-likeness (QED) is 0.823. The van der Waals surface area contributed by atoms with Crippen LogP contribution in [0.5, 0.6) is 0 Å². The number of hydrogen-bond donors (Lipinski definition) is 2. The number of nitrogens with one attached hydrogen (secondary N) is 2. The molecule has 0 radical (unpaired) electrons. The predicted molar refractivity (Wildman–Crippen MR) is 97.0 cm³/mol. The number of amides is 2. The lowest BCUT2D eigenvalue weighted by atomic mass is 9.95. The molecule has 1 aliphatic carbocycles. The summed E-state index contributed by atoms with van der Waals surface area (Å²) in [5, 5.41) is 4.52. The van der Waals surface area contributed by atoms with E-state index in [0.29, 0.717) is 6.04 Å². The minimum absolute atomic E-state index is 0.130. The summed E-state index contributed by atoms with van der Waals surface area (Å²) in [7, 11) is 0. The van der Waals surface area contributed by atoms with Crippen LogP contribution in [-0.2, 0) is 0 Å². The number of carbonyl (C=O) groups excluding carboxylic acids is 1. The summed E-state index contributed by atoms with van der Waals surface area (Å²) in [5.41, 5.74) is 2.33. The lowest BCUT2D eigenvalue weighted by molar-refractivity contribution is 0.144. The molecule has 0 bridgehead atoms. The summed E-state index contributed by atoms with van der Waals surface area (Å²) in [6.45, 7) is 0.860. The van der Waals surface area contributed by atoms with Crippen LogP contribution in [0.1, 0.15) is 63.1 Å². The van der Waals surface area contributed by atoms with Crippen molar-refractivity contribution < 1.29 is 4.79 Å². The predicted octanol–water partition coefficient (Wildman–Crippen LogP) is 4.74. The van der Waals surface area contributed by atoms with Gasteiger partial charge in [-0.25, -0.2) is 4.79 Å². The Bertz CT molecular complexity index is 669. The molecular formula is C20H27N3O. The highest BCUT2D eigenvalue weighted by Gasteiger charge is 2.30.